The van der Waals surface area contributed by atoms with Gasteiger partial charge in [-0.1, -0.05) is 29.8 Å². The number of anilines is 1. The number of methoxy groups -OCH3 is 1. The Morgan fingerprint density at radius 2 is 1.81 bits per heavy atom. The SMILES string of the molecule is COc1cccc(C(=O)N2CCN(CC(=O)Nc3ccccc3Cl)CC2)c1. The van der Waals surface area contributed by atoms with E-state index in [1.54, 1.807) is 42.3 Å². The summed E-state index contributed by atoms with van der Waals surface area (Å²) in [5, 5.41) is 3.34. The van der Waals surface area contributed by atoms with Gasteiger partial charge in [-0.3, -0.25) is 14.5 Å². The molecule has 0 atom stereocenters. The van der Waals surface area contributed by atoms with E-state index in [0.717, 1.165) is 0 Å². The fourth-order valence-corrected chi connectivity index (χ4v) is 3.19. The second kappa shape index (κ2) is 8.88. The standard InChI is InChI=1S/C20H22ClN3O3/c1-27-16-6-4-5-15(13-16)20(26)24-11-9-23(10-12-24)14-19(25)22-18-8-3-2-7-17(18)21/h2-8,13H,9-12,14H2,1H3,(H,22,25). The number of nitrogens with one attached hydrogen (secondary N) is 1. The molecule has 142 valence electrons. The van der Waals surface area contributed by atoms with Crippen LogP contribution in [0.5, 0.6) is 5.75 Å². The maximum Gasteiger partial charge on any atom is 0.254 e. The number of carbonyl (C=O) groups is 2. The molecule has 2 aromatic carbocycles. The third-order valence-corrected chi connectivity index (χ3v) is 4.82. The molecule has 2 aromatic rings. The van der Waals surface area contributed by atoms with Gasteiger partial charge in [-0.15, -0.1) is 0 Å². The number of amides is 2. The summed E-state index contributed by atoms with van der Waals surface area (Å²) < 4.78 is 5.18. The first-order valence-electron chi connectivity index (χ1n) is 8.77. The van der Waals surface area contributed by atoms with Gasteiger partial charge in [0.05, 0.1) is 24.4 Å². The van der Waals surface area contributed by atoms with Crippen molar-refractivity contribution in [1.29, 1.82) is 0 Å². The van der Waals surface area contributed by atoms with Crippen LogP contribution in [0, 0.1) is 0 Å². The van der Waals surface area contributed by atoms with E-state index in [1.807, 2.05) is 23.1 Å². The number of hydrogen-bond donors (Lipinski definition) is 1. The van der Waals surface area contributed by atoms with Crippen molar-refractivity contribution in [2.24, 2.45) is 0 Å². The van der Waals surface area contributed by atoms with Gasteiger partial charge in [-0.05, 0) is 30.3 Å². The minimum atomic E-state index is -0.115. The second-order valence-electron chi connectivity index (χ2n) is 6.33. The minimum absolute atomic E-state index is 0.0194. The zero-order chi connectivity index (χ0) is 19.2. The van der Waals surface area contributed by atoms with Crippen LogP contribution in [0.25, 0.3) is 0 Å². The molecule has 0 saturated carbocycles. The van der Waals surface area contributed by atoms with Crippen LogP contribution in [0.2, 0.25) is 5.02 Å². The fraction of sp³-hybridized carbons (Fsp3) is 0.300. The first-order valence-corrected chi connectivity index (χ1v) is 9.14. The summed E-state index contributed by atoms with van der Waals surface area (Å²) >= 11 is 6.06. The Bertz CT molecular complexity index is 820. The number of para-hydroxylation sites is 1. The molecule has 0 radical (unpaired) electrons. The Morgan fingerprint density at radius 1 is 1.07 bits per heavy atom. The Labute approximate surface area is 163 Å². The van der Waals surface area contributed by atoms with Crippen LogP contribution < -0.4 is 10.1 Å². The number of halogens is 1. The summed E-state index contributed by atoms with van der Waals surface area (Å²) in [5.41, 5.74) is 1.22. The van der Waals surface area contributed by atoms with Gasteiger partial charge in [0.25, 0.3) is 5.91 Å². The molecular formula is C20H22ClN3O3. The highest BCUT2D eigenvalue weighted by molar-refractivity contribution is 6.33. The summed E-state index contributed by atoms with van der Waals surface area (Å²) in [6.45, 7) is 2.72. The van der Waals surface area contributed by atoms with Gasteiger partial charge < -0.3 is 15.0 Å². The van der Waals surface area contributed by atoms with Crippen molar-refractivity contribution in [2.45, 2.75) is 0 Å². The average molecular weight is 388 g/mol. The van der Waals surface area contributed by atoms with Gasteiger partial charge in [0.15, 0.2) is 0 Å². The highest BCUT2D eigenvalue weighted by Crippen LogP contribution is 2.20. The zero-order valence-corrected chi connectivity index (χ0v) is 15.9. The van der Waals surface area contributed by atoms with E-state index in [4.69, 9.17) is 16.3 Å². The number of rotatable bonds is 5. The lowest BCUT2D eigenvalue weighted by Gasteiger charge is -2.34. The molecule has 0 aromatic heterocycles. The number of benzene rings is 2. The van der Waals surface area contributed by atoms with E-state index >= 15 is 0 Å². The fourth-order valence-electron chi connectivity index (χ4n) is 3.00. The summed E-state index contributed by atoms with van der Waals surface area (Å²) in [5.74, 6) is 0.528. The van der Waals surface area contributed by atoms with Crippen molar-refractivity contribution in [3.05, 3.63) is 59.1 Å². The van der Waals surface area contributed by atoms with E-state index < -0.39 is 0 Å². The Kier molecular flexibility index (Phi) is 6.32. The highest BCUT2D eigenvalue weighted by atomic mass is 35.5. The van der Waals surface area contributed by atoms with E-state index in [2.05, 4.69) is 5.32 Å². The van der Waals surface area contributed by atoms with Crippen molar-refractivity contribution < 1.29 is 14.3 Å². The van der Waals surface area contributed by atoms with Gasteiger partial charge in [0.2, 0.25) is 5.91 Å². The maximum absolute atomic E-state index is 12.6. The summed E-state index contributed by atoms with van der Waals surface area (Å²) in [7, 11) is 1.58. The Morgan fingerprint density at radius 3 is 2.52 bits per heavy atom. The molecule has 2 amide bonds. The lowest BCUT2D eigenvalue weighted by molar-refractivity contribution is -0.117. The largest absolute Gasteiger partial charge is 0.497 e. The number of nitrogens with zero attached hydrogens (tertiary/aromatic N) is 2. The Balaban J connectivity index is 1.50. The number of carbonyl (C=O) groups excluding carboxylic acids is 2. The molecule has 1 fully saturated rings. The molecule has 1 saturated heterocycles. The van der Waals surface area contributed by atoms with E-state index in [1.165, 1.54) is 0 Å². The predicted octanol–water partition coefficient (Wildman–Crippen LogP) is 2.75. The monoisotopic (exact) mass is 387 g/mol. The normalized spacial score (nSPS) is 14.7. The minimum Gasteiger partial charge on any atom is -0.497 e. The molecule has 27 heavy (non-hydrogen) atoms. The number of piperazine rings is 1. The van der Waals surface area contributed by atoms with Crippen molar-refractivity contribution in [1.82, 2.24) is 9.80 Å². The first kappa shape index (κ1) is 19.2. The van der Waals surface area contributed by atoms with Crippen LogP contribution in [0.3, 0.4) is 0 Å². The van der Waals surface area contributed by atoms with Crippen LogP contribution in [0.1, 0.15) is 10.4 Å². The maximum atomic E-state index is 12.6. The predicted molar refractivity (Wildman–Crippen MR) is 105 cm³/mol. The van der Waals surface area contributed by atoms with Crippen molar-refractivity contribution in [3.63, 3.8) is 0 Å². The van der Waals surface area contributed by atoms with Crippen LogP contribution in [0.4, 0.5) is 5.69 Å². The smallest absolute Gasteiger partial charge is 0.254 e. The van der Waals surface area contributed by atoms with Crippen LogP contribution >= 0.6 is 11.6 Å². The number of hydrogen-bond acceptors (Lipinski definition) is 4. The van der Waals surface area contributed by atoms with Gasteiger partial charge in [-0.2, -0.15) is 0 Å². The molecule has 1 aliphatic rings. The van der Waals surface area contributed by atoms with E-state index in [0.29, 0.717) is 48.2 Å². The van der Waals surface area contributed by atoms with Gasteiger partial charge in [0.1, 0.15) is 5.75 Å². The molecule has 1 N–H and O–H groups in total. The molecule has 3 rings (SSSR count). The summed E-state index contributed by atoms with van der Waals surface area (Å²) in [6, 6.07) is 14.3. The molecule has 0 spiro atoms. The Hall–Kier alpha value is -2.57. The molecule has 1 heterocycles. The van der Waals surface area contributed by atoms with Crippen molar-refractivity contribution in [3.8, 4) is 5.75 Å². The molecule has 7 heteroatoms. The van der Waals surface area contributed by atoms with E-state index in [9.17, 15) is 9.59 Å². The van der Waals surface area contributed by atoms with Gasteiger partial charge in [0, 0.05) is 31.7 Å². The number of ether oxygens (including phenoxy) is 1. The molecule has 6 nitrogen and oxygen atoms in total. The van der Waals surface area contributed by atoms with Gasteiger partial charge >= 0.3 is 0 Å². The molecule has 1 aliphatic heterocycles. The third-order valence-electron chi connectivity index (χ3n) is 4.49. The summed E-state index contributed by atoms with van der Waals surface area (Å²) in [4.78, 5) is 28.7. The summed E-state index contributed by atoms with van der Waals surface area (Å²) in [6.07, 6.45) is 0. The lowest BCUT2D eigenvalue weighted by atomic mass is 10.1. The second-order valence-corrected chi connectivity index (χ2v) is 6.74. The molecular weight excluding hydrogens is 366 g/mol. The van der Waals surface area contributed by atoms with Crippen molar-refractivity contribution >= 4 is 29.1 Å². The zero-order valence-electron chi connectivity index (χ0n) is 15.2. The van der Waals surface area contributed by atoms with Crippen molar-refractivity contribution in [2.75, 3.05) is 45.2 Å². The molecule has 0 bridgehead atoms. The van der Waals surface area contributed by atoms with Crippen LogP contribution in [-0.2, 0) is 4.79 Å². The van der Waals surface area contributed by atoms with Crippen LogP contribution in [0.15, 0.2) is 48.5 Å². The third kappa shape index (κ3) is 4.99. The topological polar surface area (TPSA) is 61.9 Å². The molecule has 0 aliphatic carbocycles. The molecule has 0 unspecified atom stereocenters. The van der Waals surface area contributed by atoms with Gasteiger partial charge in [-0.25, -0.2) is 0 Å². The quantitative estimate of drug-likeness (QED) is 0.856. The lowest BCUT2D eigenvalue weighted by Crippen LogP contribution is -2.50. The highest BCUT2D eigenvalue weighted by Gasteiger charge is 2.23. The van der Waals surface area contributed by atoms with Crippen LogP contribution in [-0.4, -0.2) is 61.4 Å². The average Bonchev–Trinajstić information content (AvgIpc) is 2.70. The van der Waals surface area contributed by atoms with E-state index in [-0.39, 0.29) is 18.4 Å². The first-order chi connectivity index (χ1) is 13.1.